The number of rotatable bonds is 4. The van der Waals surface area contributed by atoms with Gasteiger partial charge in [-0.1, -0.05) is 18.2 Å². The number of likely N-dealkylation sites (N-methyl/N-ethyl adjacent to an activating group) is 1. The van der Waals surface area contributed by atoms with Gasteiger partial charge in [0.05, 0.1) is 11.4 Å². The van der Waals surface area contributed by atoms with Crippen LogP contribution in [-0.2, 0) is 0 Å². The Morgan fingerprint density at radius 3 is 2.33 bits per heavy atom. The molecule has 2 aromatic carbocycles. The Morgan fingerprint density at radius 1 is 0.939 bits per heavy atom. The van der Waals surface area contributed by atoms with Crippen molar-refractivity contribution in [2.75, 3.05) is 38.5 Å². The fraction of sp³-hybridized carbons (Fsp3) is 0.269. The average Bonchev–Trinajstić information content (AvgIpc) is 3.17. The van der Waals surface area contributed by atoms with Gasteiger partial charge in [-0.25, -0.2) is 9.67 Å². The number of hydrogen-bond acceptors (Lipinski definition) is 5. The third-order valence-electron chi connectivity index (χ3n) is 6.21. The molecule has 1 aliphatic heterocycles. The second-order valence-corrected chi connectivity index (χ2v) is 8.65. The van der Waals surface area contributed by atoms with E-state index in [0.29, 0.717) is 5.56 Å². The third kappa shape index (κ3) is 4.19. The number of amides is 1. The van der Waals surface area contributed by atoms with Crippen LogP contribution in [-0.4, -0.2) is 63.7 Å². The summed E-state index contributed by atoms with van der Waals surface area (Å²) in [5.74, 6) is 0.836. The molecule has 5 rings (SSSR count). The van der Waals surface area contributed by atoms with Gasteiger partial charge in [0.1, 0.15) is 5.82 Å². The number of benzene rings is 2. The fourth-order valence-corrected chi connectivity index (χ4v) is 4.35. The Balaban J connectivity index is 1.40. The number of anilines is 2. The molecule has 1 N–H and O–H groups in total. The first-order valence-corrected chi connectivity index (χ1v) is 11.3. The summed E-state index contributed by atoms with van der Waals surface area (Å²) < 4.78 is 1.89. The number of aryl methyl sites for hydroxylation is 2. The van der Waals surface area contributed by atoms with E-state index in [9.17, 15) is 4.79 Å². The maximum absolute atomic E-state index is 12.8. The number of nitrogens with one attached hydrogen (secondary N) is 1. The molecule has 3 heterocycles. The highest BCUT2D eigenvalue weighted by Gasteiger charge is 2.20. The van der Waals surface area contributed by atoms with Gasteiger partial charge in [-0.05, 0) is 68.9 Å². The van der Waals surface area contributed by atoms with Crippen molar-refractivity contribution >= 4 is 28.4 Å². The fourth-order valence-electron chi connectivity index (χ4n) is 4.35. The van der Waals surface area contributed by atoms with Crippen LogP contribution in [0.25, 0.3) is 16.7 Å². The summed E-state index contributed by atoms with van der Waals surface area (Å²) >= 11 is 0. The van der Waals surface area contributed by atoms with Gasteiger partial charge in [-0.2, -0.15) is 5.10 Å². The molecule has 0 radical (unpaired) electrons. The van der Waals surface area contributed by atoms with Crippen molar-refractivity contribution in [2.45, 2.75) is 13.8 Å². The van der Waals surface area contributed by atoms with E-state index in [1.54, 1.807) is 0 Å². The Kier molecular flexibility index (Phi) is 5.56. The maximum Gasteiger partial charge on any atom is 0.253 e. The minimum atomic E-state index is 0.0901. The number of aromatic nitrogens is 3. The van der Waals surface area contributed by atoms with Crippen LogP contribution in [0.3, 0.4) is 0 Å². The summed E-state index contributed by atoms with van der Waals surface area (Å²) in [6.07, 6.45) is 0. The summed E-state index contributed by atoms with van der Waals surface area (Å²) in [7, 11) is 2.09. The molecule has 0 saturated carbocycles. The standard InChI is InChI=1S/C26H28N6O/c1-18-17-23(28-25-24(18)19(2)29-32(25)22-7-5-4-6-8-22)27-21-11-9-20(10-12-21)26(33)31-15-13-30(3)14-16-31/h4-12,17H,13-16H2,1-3H3,(H,27,28). The highest BCUT2D eigenvalue weighted by molar-refractivity contribution is 5.94. The van der Waals surface area contributed by atoms with Crippen molar-refractivity contribution in [1.29, 1.82) is 0 Å². The largest absolute Gasteiger partial charge is 0.340 e. The van der Waals surface area contributed by atoms with E-state index >= 15 is 0 Å². The topological polar surface area (TPSA) is 66.3 Å². The van der Waals surface area contributed by atoms with Gasteiger partial charge < -0.3 is 15.1 Å². The van der Waals surface area contributed by atoms with Gasteiger partial charge >= 0.3 is 0 Å². The lowest BCUT2D eigenvalue weighted by Crippen LogP contribution is -2.47. The van der Waals surface area contributed by atoms with E-state index in [4.69, 9.17) is 10.1 Å². The molecule has 7 heteroatoms. The summed E-state index contributed by atoms with van der Waals surface area (Å²) in [5, 5.41) is 9.19. The summed E-state index contributed by atoms with van der Waals surface area (Å²) in [6.45, 7) is 7.46. The van der Waals surface area contributed by atoms with Crippen molar-refractivity contribution < 1.29 is 4.79 Å². The summed E-state index contributed by atoms with van der Waals surface area (Å²) in [6, 6.07) is 19.7. The molecule has 4 aromatic rings. The van der Waals surface area contributed by atoms with Crippen LogP contribution in [0.1, 0.15) is 21.6 Å². The first kappa shape index (κ1) is 21.2. The quantitative estimate of drug-likeness (QED) is 0.516. The normalized spacial score (nSPS) is 14.6. The second-order valence-electron chi connectivity index (χ2n) is 8.65. The van der Waals surface area contributed by atoms with Crippen LogP contribution in [0.4, 0.5) is 11.5 Å². The predicted octanol–water partition coefficient (Wildman–Crippen LogP) is 4.17. The molecular weight excluding hydrogens is 412 g/mol. The molecule has 0 unspecified atom stereocenters. The zero-order valence-corrected chi connectivity index (χ0v) is 19.2. The number of para-hydroxylation sites is 1. The van der Waals surface area contributed by atoms with E-state index < -0.39 is 0 Å². The first-order valence-electron chi connectivity index (χ1n) is 11.3. The molecule has 168 valence electrons. The zero-order chi connectivity index (χ0) is 22.9. The molecule has 2 aromatic heterocycles. The van der Waals surface area contributed by atoms with Crippen LogP contribution >= 0.6 is 0 Å². The zero-order valence-electron chi connectivity index (χ0n) is 19.2. The van der Waals surface area contributed by atoms with E-state index in [0.717, 1.165) is 65.7 Å². The molecule has 1 amide bonds. The Bertz CT molecular complexity index is 1290. The molecule has 1 fully saturated rings. The Morgan fingerprint density at radius 2 is 1.64 bits per heavy atom. The lowest BCUT2D eigenvalue weighted by Gasteiger charge is -2.32. The van der Waals surface area contributed by atoms with Gasteiger partial charge in [0.15, 0.2) is 5.65 Å². The average molecular weight is 441 g/mol. The van der Waals surface area contributed by atoms with Crippen molar-refractivity contribution in [3.8, 4) is 5.69 Å². The van der Waals surface area contributed by atoms with Gasteiger partial charge in [-0.3, -0.25) is 4.79 Å². The molecule has 1 saturated heterocycles. The van der Waals surface area contributed by atoms with Crippen LogP contribution in [0.5, 0.6) is 0 Å². The highest BCUT2D eigenvalue weighted by atomic mass is 16.2. The van der Waals surface area contributed by atoms with Crippen LogP contribution < -0.4 is 5.32 Å². The van der Waals surface area contributed by atoms with Crippen molar-refractivity contribution in [2.24, 2.45) is 0 Å². The molecule has 0 bridgehead atoms. The number of piperazine rings is 1. The smallest absolute Gasteiger partial charge is 0.253 e. The van der Waals surface area contributed by atoms with Gasteiger partial charge in [0, 0.05) is 42.8 Å². The minimum absolute atomic E-state index is 0.0901. The van der Waals surface area contributed by atoms with Crippen LogP contribution in [0, 0.1) is 13.8 Å². The summed E-state index contributed by atoms with van der Waals surface area (Å²) in [4.78, 5) is 21.9. The molecule has 7 nitrogen and oxygen atoms in total. The molecular formula is C26H28N6O. The number of carbonyl (C=O) groups is 1. The highest BCUT2D eigenvalue weighted by Crippen LogP contribution is 2.27. The number of hydrogen-bond donors (Lipinski definition) is 1. The summed E-state index contributed by atoms with van der Waals surface area (Å²) in [5.41, 5.74) is 5.47. The predicted molar refractivity (Wildman–Crippen MR) is 131 cm³/mol. The van der Waals surface area contributed by atoms with E-state index in [2.05, 4.69) is 24.2 Å². The number of carbonyl (C=O) groups excluding carboxylic acids is 1. The Hall–Kier alpha value is -3.71. The van der Waals surface area contributed by atoms with Crippen molar-refractivity contribution in [3.05, 3.63) is 77.5 Å². The monoisotopic (exact) mass is 440 g/mol. The van der Waals surface area contributed by atoms with Crippen LogP contribution in [0.2, 0.25) is 0 Å². The molecule has 1 aliphatic rings. The third-order valence-corrected chi connectivity index (χ3v) is 6.21. The van der Waals surface area contributed by atoms with Crippen LogP contribution in [0.15, 0.2) is 60.7 Å². The lowest BCUT2D eigenvalue weighted by atomic mass is 10.1. The van der Waals surface area contributed by atoms with Crippen molar-refractivity contribution in [3.63, 3.8) is 0 Å². The first-order chi connectivity index (χ1) is 16.0. The van der Waals surface area contributed by atoms with E-state index in [1.165, 1.54) is 0 Å². The van der Waals surface area contributed by atoms with E-state index in [1.807, 2.05) is 77.2 Å². The van der Waals surface area contributed by atoms with E-state index in [-0.39, 0.29) is 5.91 Å². The van der Waals surface area contributed by atoms with Gasteiger partial charge in [-0.15, -0.1) is 0 Å². The second kappa shape index (κ2) is 8.67. The molecule has 0 atom stereocenters. The maximum atomic E-state index is 12.8. The molecule has 0 aliphatic carbocycles. The SMILES string of the molecule is Cc1cc(Nc2ccc(C(=O)N3CCN(C)CC3)cc2)nc2c1c(C)nn2-c1ccccc1. The Labute approximate surface area is 193 Å². The number of fused-ring (bicyclic) bond motifs is 1. The minimum Gasteiger partial charge on any atom is -0.340 e. The molecule has 33 heavy (non-hydrogen) atoms. The number of pyridine rings is 1. The molecule has 0 spiro atoms. The van der Waals surface area contributed by atoms with Gasteiger partial charge in [0.25, 0.3) is 5.91 Å². The number of nitrogens with zero attached hydrogens (tertiary/aromatic N) is 5. The van der Waals surface area contributed by atoms with Crippen molar-refractivity contribution in [1.82, 2.24) is 24.6 Å². The van der Waals surface area contributed by atoms with Gasteiger partial charge in [0.2, 0.25) is 0 Å². The lowest BCUT2D eigenvalue weighted by molar-refractivity contribution is 0.0664.